The summed E-state index contributed by atoms with van der Waals surface area (Å²) in [6.07, 6.45) is 0. The molecule has 0 bridgehead atoms. The number of hydrogen-bond donors (Lipinski definition) is 2. The maximum Gasteiger partial charge on any atom is 0.335 e. The van der Waals surface area contributed by atoms with Crippen molar-refractivity contribution in [1.82, 2.24) is 0 Å². The Labute approximate surface area is 132 Å². The van der Waals surface area contributed by atoms with Gasteiger partial charge in [-0.3, -0.25) is 0 Å². The van der Waals surface area contributed by atoms with Crippen LogP contribution in [0.2, 0.25) is 0 Å². The molecule has 72 valence electrons. The second-order valence-corrected chi connectivity index (χ2v) is 3.14. The normalized spacial score (nSPS) is 10.8. The summed E-state index contributed by atoms with van der Waals surface area (Å²) in [6, 6.07) is 2.69. The summed E-state index contributed by atoms with van der Waals surface area (Å²) in [5.41, 5.74) is -0.223. The van der Waals surface area contributed by atoms with Gasteiger partial charge in [-0.25, -0.2) is 13.4 Å². The zero-order valence-electron chi connectivity index (χ0n) is 8.23. The standard InChI is InChI=1S/C7H5FO4S.2Na/c8-5-2-1-4(7(9)10)3-6(5)13(11)12;;/h1-3H,(H,9,10)(H,11,12);;. The first-order valence-electron chi connectivity index (χ1n) is 3.16. The van der Waals surface area contributed by atoms with Crippen molar-refractivity contribution in [1.29, 1.82) is 0 Å². The average molecular weight is 250 g/mol. The molecule has 2 N–H and O–H groups in total. The van der Waals surface area contributed by atoms with Crippen molar-refractivity contribution in [2.75, 3.05) is 0 Å². The molecule has 0 saturated carbocycles. The topological polar surface area (TPSA) is 74.6 Å². The van der Waals surface area contributed by atoms with Crippen LogP contribution in [0.1, 0.15) is 10.4 Å². The predicted molar refractivity (Wildman–Crippen MR) is 53.9 cm³/mol. The summed E-state index contributed by atoms with van der Waals surface area (Å²) in [4.78, 5) is 9.86. The van der Waals surface area contributed by atoms with E-state index in [0.717, 1.165) is 18.2 Å². The molecule has 15 heavy (non-hydrogen) atoms. The maximum atomic E-state index is 12.7. The van der Waals surface area contributed by atoms with Crippen molar-refractivity contribution in [3.8, 4) is 0 Å². The summed E-state index contributed by atoms with van der Waals surface area (Å²) in [6.45, 7) is 0. The van der Waals surface area contributed by atoms with Crippen molar-refractivity contribution in [2.24, 2.45) is 0 Å². The molecule has 2 radical (unpaired) electrons. The quantitative estimate of drug-likeness (QED) is 0.586. The molecule has 8 heteroatoms. The van der Waals surface area contributed by atoms with E-state index in [2.05, 4.69) is 0 Å². The Morgan fingerprint density at radius 3 is 2.27 bits per heavy atom. The van der Waals surface area contributed by atoms with E-state index < -0.39 is 27.8 Å². The fourth-order valence-electron chi connectivity index (χ4n) is 0.770. The Morgan fingerprint density at radius 2 is 1.87 bits per heavy atom. The van der Waals surface area contributed by atoms with Gasteiger partial charge in [-0.05, 0) is 18.2 Å². The van der Waals surface area contributed by atoms with Gasteiger partial charge in [-0.2, -0.15) is 0 Å². The number of hydrogen-bond acceptors (Lipinski definition) is 2. The smallest absolute Gasteiger partial charge is 0.335 e. The average Bonchev–Trinajstić information content (AvgIpc) is 2.04. The molecule has 1 rings (SSSR count). The summed E-state index contributed by atoms with van der Waals surface area (Å²) < 4.78 is 31.8. The minimum Gasteiger partial charge on any atom is -0.478 e. The van der Waals surface area contributed by atoms with Crippen molar-refractivity contribution in [3.63, 3.8) is 0 Å². The van der Waals surface area contributed by atoms with Gasteiger partial charge in [-0.15, -0.1) is 0 Å². The largest absolute Gasteiger partial charge is 0.478 e. The molecule has 0 aliphatic carbocycles. The van der Waals surface area contributed by atoms with Crippen LogP contribution in [-0.4, -0.2) is 79.0 Å². The van der Waals surface area contributed by atoms with Crippen molar-refractivity contribution >= 4 is 76.2 Å². The third kappa shape index (κ3) is 5.06. The Balaban J connectivity index is 0. The van der Waals surface area contributed by atoms with E-state index in [-0.39, 0.29) is 64.7 Å². The van der Waals surface area contributed by atoms with Crippen LogP contribution in [0.25, 0.3) is 0 Å². The van der Waals surface area contributed by atoms with Gasteiger partial charge in [0.15, 0.2) is 11.1 Å². The second kappa shape index (κ2) is 7.92. The summed E-state index contributed by atoms with van der Waals surface area (Å²) >= 11 is -2.51. The first-order valence-corrected chi connectivity index (χ1v) is 4.26. The van der Waals surface area contributed by atoms with Crippen LogP contribution >= 0.6 is 0 Å². The van der Waals surface area contributed by atoms with Gasteiger partial charge in [0.1, 0.15) is 10.7 Å². The Kier molecular flexibility index (Phi) is 9.55. The zero-order valence-corrected chi connectivity index (χ0v) is 13.0. The first kappa shape index (κ1) is 18.1. The number of halogens is 1. The molecule has 1 unspecified atom stereocenters. The molecule has 1 aromatic carbocycles. The number of carboxylic acids is 1. The number of carbonyl (C=O) groups is 1. The van der Waals surface area contributed by atoms with Gasteiger partial charge in [-0.1, -0.05) is 0 Å². The zero-order chi connectivity index (χ0) is 10.0. The number of aromatic carboxylic acids is 1. The monoisotopic (exact) mass is 250 g/mol. The summed E-state index contributed by atoms with van der Waals surface area (Å²) in [5.74, 6) is -2.17. The third-order valence-electron chi connectivity index (χ3n) is 1.37. The van der Waals surface area contributed by atoms with Crippen LogP contribution in [0.5, 0.6) is 0 Å². The van der Waals surface area contributed by atoms with Crippen molar-refractivity contribution in [2.45, 2.75) is 4.90 Å². The van der Waals surface area contributed by atoms with Crippen molar-refractivity contribution < 1.29 is 23.1 Å². The summed E-state index contributed by atoms with van der Waals surface area (Å²) in [7, 11) is 0. The molecule has 0 aromatic heterocycles. The number of carboxylic acid groups (broad SMARTS) is 1. The van der Waals surface area contributed by atoms with E-state index in [1.54, 1.807) is 0 Å². The van der Waals surface area contributed by atoms with E-state index in [1.807, 2.05) is 0 Å². The molecular weight excluding hydrogens is 245 g/mol. The molecule has 4 nitrogen and oxygen atoms in total. The molecular formula is C7H5FNa2O4S. The van der Waals surface area contributed by atoms with Crippen LogP contribution in [0.15, 0.2) is 23.1 Å². The van der Waals surface area contributed by atoms with Crippen LogP contribution in [-0.2, 0) is 11.1 Å². The minimum absolute atomic E-state index is 0. The van der Waals surface area contributed by atoms with E-state index in [0.29, 0.717) is 0 Å². The predicted octanol–water partition coefficient (Wildman–Crippen LogP) is 0.343. The molecule has 0 saturated heterocycles. The fourth-order valence-corrected chi connectivity index (χ4v) is 1.23. The van der Waals surface area contributed by atoms with Crippen LogP contribution in [0, 0.1) is 5.82 Å². The van der Waals surface area contributed by atoms with E-state index in [1.165, 1.54) is 0 Å². The molecule has 0 heterocycles. The van der Waals surface area contributed by atoms with Gasteiger partial charge in [0.05, 0.1) is 5.56 Å². The maximum absolute atomic E-state index is 12.7. The Bertz CT molecular complexity index is 385. The van der Waals surface area contributed by atoms with Crippen molar-refractivity contribution in [3.05, 3.63) is 29.6 Å². The molecule has 0 aliphatic rings. The van der Waals surface area contributed by atoms with Gasteiger partial charge >= 0.3 is 5.97 Å². The molecule has 0 aliphatic heterocycles. The van der Waals surface area contributed by atoms with Gasteiger partial charge < -0.3 is 9.66 Å². The van der Waals surface area contributed by atoms with Gasteiger partial charge in [0.2, 0.25) is 0 Å². The SMILES string of the molecule is O=C(O)c1ccc(F)c(S(=O)O)c1.[Na].[Na]. The summed E-state index contributed by atoms with van der Waals surface area (Å²) in [5, 5.41) is 8.48. The molecule has 0 spiro atoms. The Hall–Kier alpha value is 0.730. The molecule has 0 fully saturated rings. The van der Waals surface area contributed by atoms with E-state index in [4.69, 9.17) is 9.66 Å². The number of benzene rings is 1. The molecule has 0 amide bonds. The molecule has 1 aromatic rings. The first-order chi connectivity index (χ1) is 6.02. The minimum atomic E-state index is -2.51. The number of rotatable bonds is 2. The van der Waals surface area contributed by atoms with Gasteiger partial charge in [0.25, 0.3) is 0 Å². The Morgan fingerprint density at radius 1 is 1.33 bits per heavy atom. The second-order valence-electron chi connectivity index (χ2n) is 2.20. The third-order valence-corrected chi connectivity index (χ3v) is 2.06. The van der Waals surface area contributed by atoms with E-state index in [9.17, 15) is 13.4 Å². The van der Waals surface area contributed by atoms with Crippen LogP contribution in [0.4, 0.5) is 4.39 Å². The van der Waals surface area contributed by atoms with E-state index >= 15 is 0 Å². The fraction of sp³-hybridized carbons (Fsp3) is 0. The van der Waals surface area contributed by atoms with Crippen LogP contribution < -0.4 is 0 Å². The van der Waals surface area contributed by atoms with Gasteiger partial charge in [0, 0.05) is 59.1 Å². The van der Waals surface area contributed by atoms with Crippen LogP contribution in [0.3, 0.4) is 0 Å². The molecule has 1 atom stereocenters.